The molecule has 0 radical (unpaired) electrons. The van der Waals surface area contributed by atoms with Crippen LogP contribution in [0.2, 0.25) is 0 Å². The molecule has 34 heavy (non-hydrogen) atoms. The number of thioether (sulfide) groups is 1. The maximum atomic E-state index is 13.0. The predicted octanol–water partition coefficient (Wildman–Crippen LogP) is 4.25. The van der Waals surface area contributed by atoms with E-state index >= 15 is 0 Å². The molecule has 2 aromatic carbocycles. The van der Waals surface area contributed by atoms with Crippen molar-refractivity contribution in [1.82, 2.24) is 19.7 Å². The van der Waals surface area contributed by atoms with Gasteiger partial charge in [0.05, 0.1) is 17.1 Å². The maximum Gasteiger partial charge on any atom is 0.262 e. The molecule has 0 aliphatic carbocycles. The van der Waals surface area contributed by atoms with Gasteiger partial charge >= 0.3 is 0 Å². The fourth-order valence-electron chi connectivity index (χ4n) is 3.62. The van der Waals surface area contributed by atoms with Gasteiger partial charge < -0.3 is 10.1 Å². The third kappa shape index (κ3) is 4.29. The van der Waals surface area contributed by atoms with E-state index in [0.717, 1.165) is 16.8 Å². The number of carbonyl (C=O) groups is 2. The van der Waals surface area contributed by atoms with Crippen LogP contribution in [-0.4, -0.2) is 43.8 Å². The number of Topliss-reactive ketones (excluding diaryl/α,β-unsaturated/α-hetero) is 1. The number of aromatic nitrogens is 4. The van der Waals surface area contributed by atoms with Crippen LogP contribution in [0.4, 0.5) is 5.69 Å². The minimum atomic E-state index is -0.239. The van der Waals surface area contributed by atoms with E-state index in [0.29, 0.717) is 28.0 Å². The molecule has 9 heteroatoms. The van der Waals surface area contributed by atoms with Crippen molar-refractivity contribution in [2.24, 2.45) is 0 Å². The van der Waals surface area contributed by atoms with E-state index in [1.807, 2.05) is 22.8 Å². The van der Waals surface area contributed by atoms with Crippen molar-refractivity contribution in [1.29, 1.82) is 0 Å². The number of nitrogens with one attached hydrogen (secondary N) is 1. The smallest absolute Gasteiger partial charge is 0.262 e. The first-order valence-corrected chi connectivity index (χ1v) is 11.6. The van der Waals surface area contributed by atoms with Crippen molar-refractivity contribution < 1.29 is 14.3 Å². The summed E-state index contributed by atoms with van der Waals surface area (Å²) >= 11 is 1.31. The Morgan fingerprint density at radius 2 is 1.88 bits per heavy atom. The van der Waals surface area contributed by atoms with Gasteiger partial charge in [-0.3, -0.25) is 19.1 Å². The third-order valence-corrected chi connectivity index (χ3v) is 6.52. The molecule has 0 bridgehead atoms. The summed E-state index contributed by atoms with van der Waals surface area (Å²) in [6.45, 7) is 4.10. The second kappa shape index (κ2) is 9.11. The summed E-state index contributed by atoms with van der Waals surface area (Å²) in [7, 11) is 0. The third-order valence-electron chi connectivity index (χ3n) is 5.59. The number of benzene rings is 2. The molecular formula is C25H21N5O3S. The molecule has 5 rings (SSSR count). The van der Waals surface area contributed by atoms with Crippen LogP contribution in [0, 0.1) is 13.8 Å². The molecule has 1 aliphatic rings. The Kier molecular flexibility index (Phi) is 5.85. The van der Waals surface area contributed by atoms with Gasteiger partial charge in [0.15, 0.2) is 23.4 Å². The van der Waals surface area contributed by atoms with Gasteiger partial charge in [0.2, 0.25) is 0 Å². The summed E-state index contributed by atoms with van der Waals surface area (Å²) < 4.78 is 7.33. The van der Waals surface area contributed by atoms with Crippen molar-refractivity contribution in [3.8, 4) is 22.8 Å². The zero-order chi connectivity index (χ0) is 23.7. The van der Waals surface area contributed by atoms with E-state index < -0.39 is 0 Å². The molecule has 0 fully saturated rings. The number of rotatable bonds is 6. The number of fused-ring (bicyclic) bond motifs is 1. The van der Waals surface area contributed by atoms with Crippen LogP contribution in [-0.2, 0) is 4.79 Å². The molecule has 4 aromatic rings. The minimum absolute atomic E-state index is 0.0237. The number of ether oxygens (including phenoxy) is 1. The van der Waals surface area contributed by atoms with Crippen LogP contribution < -0.4 is 10.1 Å². The normalized spacial score (nSPS) is 12.6. The molecule has 3 heterocycles. The topological polar surface area (TPSA) is 99.0 Å². The Bertz CT molecular complexity index is 1400. The molecule has 1 aliphatic heterocycles. The Labute approximate surface area is 200 Å². The van der Waals surface area contributed by atoms with Gasteiger partial charge in [0, 0.05) is 23.5 Å². The molecule has 1 N–H and O–H groups in total. The molecule has 0 saturated carbocycles. The lowest BCUT2D eigenvalue weighted by Crippen LogP contribution is -2.25. The number of amides is 1. The molecule has 0 unspecified atom stereocenters. The second-order valence-electron chi connectivity index (χ2n) is 7.91. The summed E-state index contributed by atoms with van der Waals surface area (Å²) in [4.78, 5) is 28.7. The highest BCUT2D eigenvalue weighted by molar-refractivity contribution is 7.99. The average molecular weight is 472 g/mol. The first-order chi connectivity index (χ1) is 16.5. The summed E-state index contributed by atoms with van der Waals surface area (Å²) in [6.07, 6.45) is 3.42. The highest BCUT2D eigenvalue weighted by Gasteiger charge is 2.20. The Hall–Kier alpha value is -3.98. The summed E-state index contributed by atoms with van der Waals surface area (Å²) in [5.41, 5.74) is 5.13. The summed E-state index contributed by atoms with van der Waals surface area (Å²) in [5, 5.41) is 12.2. The molecule has 8 nitrogen and oxygen atoms in total. The standard InChI is InChI=1S/C25H21N5O3S/c1-15-3-5-19(11-16(15)2)30-24(17-7-9-26-10-8-17)28-29-25(30)34-14-21(31)18-4-6-22-20(12-18)27-23(32)13-33-22/h3-12H,13-14H2,1-2H3,(H,27,32). The van der Waals surface area contributed by atoms with Crippen molar-refractivity contribution in [3.05, 3.63) is 77.6 Å². The number of carbonyl (C=O) groups excluding carboxylic acids is 2. The van der Waals surface area contributed by atoms with Crippen LogP contribution in [0.3, 0.4) is 0 Å². The second-order valence-corrected chi connectivity index (χ2v) is 8.85. The maximum absolute atomic E-state index is 13.0. The van der Waals surface area contributed by atoms with E-state index in [1.165, 1.54) is 17.3 Å². The zero-order valence-electron chi connectivity index (χ0n) is 18.6. The molecular weight excluding hydrogens is 450 g/mol. The molecule has 0 spiro atoms. The lowest BCUT2D eigenvalue weighted by Gasteiger charge is -2.18. The molecule has 170 valence electrons. The highest BCUT2D eigenvalue weighted by atomic mass is 32.2. The molecule has 1 amide bonds. The first-order valence-electron chi connectivity index (χ1n) is 10.7. The van der Waals surface area contributed by atoms with E-state index in [4.69, 9.17) is 4.74 Å². The quantitative estimate of drug-likeness (QED) is 0.331. The molecule has 0 atom stereocenters. The Morgan fingerprint density at radius 3 is 2.68 bits per heavy atom. The van der Waals surface area contributed by atoms with Crippen LogP contribution in [0.25, 0.3) is 17.1 Å². The lowest BCUT2D eigenvalue weighted by molar-refractivity contribution is -0.118. The number of hydrogen-bond acceptors (Lipinski definition) is 7. The fourth-order valence-corrected chi connectivity index (χ4v) is 4.47. The van der Waals surface area contributed by atoms with Crippen molar-refractivity contribution in [2.75, 3.05) is 17.7 Å². The first kappa shape index (κ1) is 21.8. The van der Waals surface area contributed by atoms with Gasteiger partial charge in [-0.05, 0) is 67.4 Å². The number of aryl methyl sites for hydroxylation is 2. The van der Waals surface area contributed by atoms with E-state index in [-0.39, 0.29) is 24.1 Å². The Morgan fingerprint density at radius 1 is 1.06 bits per heavy atom. The van der Waals surface area contributed by atoms with Crippen molar-refractivity contribution in [2.45, 2.75) is 19.0 Å². The van der Waals surface area contributed by atoms with Gasteiger partial charge in [-0.1, -0.05) is 17.8 Å². The molecule has 0 saturated heterocycles. The van der Waals surface area contributed by atoms with Crippen LogP contribution in [0.5, 0.6) is 5.75 Å². The number of anilines is 1. The number of ketones is 1. The van der Waals surface area contributed by atoms with E-state index in [9.17, 15) is 9.59 Å². The summed E-state index contributed by atoms with van der Waals surface area (Å²) in [5.74, 6) is 1.06. The number of nitrogens with zero attached hydrogens (tertiary/aromatic N) is 4. The van der Waals surface area contributed by atoms with Crippen LogP contribution >= 0.6 is 11.8 Å². The zero-order valence-corrected chi connectivity index (χ0v) is 19.4. The number of hydrogen-bond donors (Lipinski definition) is 1. The predicted molar refractivity (Wildman–Crippen MR) is 130 cm³/mol. The summed E-state index contributed by atoms with van der Waals surface area (Å²) in [6, 6.07) is 15.0. The van der Waals surface area contributed by atoms with Gasteiger partial charge in [0.25, 0.3) is 5.91 Å². The van der Waals surface area contributed by atoms with Crippen molar-refractivity contribution >= 4 is 29.1 Å². The monoisotopic (exact) mass is 471 g/mol. The van der Waals surface area contributed by atoms with Crippen LogP contribution in [0.15, 0.2) is 66.1 Å². The van der Waals surface area contributed by atoms with Gasteiger partial charge in [-0.25, -0.2) is 0 Å². The van der Waals surface area contributed by atoms with E-state index in [1.54, 1.807) is 30.6 Å². The largest absolute Gasteiger partial charge is 0.482 e. The SMILES string of the molecule is Cc1ccc(-n2c(SCC(=O)c3ccc4c(c3)NC(=O)CO4)nnc2-c2ccncc2)cc1C. The highest BCUT2D eigenvalue weighted by Crippen LogP contribution is 2.31. The fraction of sp³-hybridized carbons (Fsp3) is 0.160. The van der Waals surface area contributed by atoms with E-state index in [2.05, 4.69) is 46.5 Å². The Balaban J connectivity index is 1.44. The van der Waals surface area contributed by atoms with Gasteiger partial charge in [0.1, 0.15) is 5.75 Å². The minimum Gasteiger partial charge on any atom is -0.482 e. The van der Waals surface area contributed by atoms with Gasteiger partial charge in [-0.2, -0.15) is 0 Å². The van der Waals surface area contributed by atoms with Crippen molar-refractivity contribution in [3.63, 3.8) is 0 Å². The average Bonchev–Trinajstić information content (AvgIpc) is 3.28. The lowest BCUT2D eigenvalue weighted by atomic mass is 10.1. The van der Waals surface area contributed by atoms with Crippen LogP contribution in [0.1, 0.15) is 21.5 Å². The number of pyridine rings is 1. The molecule has 2 aromatic heterocycles. The van der Waals surface area contributed by atoms with Gasteiger partial charge in [-0.15, -0.1) is 10.2 Å².